The van der Waals surface area contributed by atoms with Crippen molar-refractivity contribution in [1.82, 2.24) is 5.32 Å². The second-order valence-corrected chi connectivity index (χ2v) is 4.82. The van der Waals surface area contributed by atoms with Crippen molar-refractivity contribution in [2.45, 2.75) is 45.3 Å². The first kappa shape index (κ1) is 17.3. The monoisotopic (exact) mass is 307 g/mol. The first-order valence-corrected chi connectivity index (χ1v) is 6.38. The first-order chi connectivity index (χ1) is 9.66. The Morgan fingerprint density at radius 2 is 1.76 bits per heavy atom. The van der Waals surface area contributed by atoms with Crippen molar-refractivity contribution in [3.63, 3.8) is 0 Å². The van der Waals surface area contributed by atoms with Crippen LogP contribution in [-0.2, 0) is 4.79 Å². The molecule has 0 radical (unpaired) electrons. The molecule has 7 heteroatoms. The van der Waals surface area contributed by atoms with Gasteiger partial charge in [0.15, 0.2) is 0 Å². The van der Waals surface area contributed by atoms with E-state index in [4.69, 9.17) is 4.74 Å². The van der Waals surface area contributed by atoms with Crippen LogP contribution in [-0.4, -0.2) is 24.4 Å². The normalized spacial score (nSPS) is 13.4. The minimum absolute atomic E-state index is 0.156. The fourth-order valence-corrected chi connectivity index (χ4v) is 1.67. The molecule has 0 heterocycles. The highest BCUT2D eigenvalue weighted by molar-refractivity contribution is 5.84. The molecular weight excluding hydrogens is 290 g/mol. The topological polar surface area (TPSA) is 38.3 Å². The molecule has 118 valence electrons. The molecule has 0 aliphatic rings. The largest absolute Gasteiger partial charge is 0.491 e. The lowest BCUT2D eigenvalue weighted by atomic mass is 10.1. The van der Waals surface area contributed by atoms with Crippen molar-refractivity contribution >= 4 is 5.91 Å². The molecule has 0 aliphatic carbocycles. The summed E-state index contributed by atoms with van der Waals surface area (Å²) in [6.07, 6.45) is -4.21. The summed E-state index contributed by atoms with van der Waals surface area (Å²) in [6, 6.07) is 5.61. The van der Waals surface area contributed by atoms with E-state index < -0.39 is 24.3 Å². The predicted octanol–water partition coefficient (Wildman–Crippen LogP) is 3.55. The minimum atomic E-state index is -4.72. The van der Waals surface area contributed by atoms with Gasteiger partial charge in [0.05, 0.1) is 12.1 Å². The van der Waals surface area contributed by atoms with Crippen molar-refractivity contribution in [2.24, 2.45) is 0 Å². The van der Waals surface area contributed by atoms with Gasteiger partial charge >= 0.3 is 12.3 Å². The average molecular weight is 307 g/mol. The van der Waals surface area contributed by atoms with Crippen molar-refractivity contribution in [3.8, 4) is 5.75 Å². The maximum absolute atomic E-state index is 12.9. The lowest BCUT2D eigenvalue weighted by Crippen LogP contribution is -2.46. The summed E-state index contributed by atoms with van der Waals surface area (Å²) in [4.78, 5) is 11.2. The van der Waals surface area contributed by atoms with Crippen LogP contribution in [0.1, 0.15) is 32.4 Å². The van der Waals surface area contributed by atoms with Gasteiger partial charge in [-0.3, -0.25) is 4.79 Å². The molecule has 0 saturated carbocycles. The van der Waals surface area contributed by atoms with Gasteiger partial charge in [-0.05, 0) is 26.8 Å². The molecule has 1 aromatic carbocycles. The number of carbonyl (C=O) groups excluding carboxylic acids is 1. The maximum atomic E-state index is 12.9. The molecule has 21 heavy (non-hydrogen) atoms. The van der Waals surface area contributed by atoms with Gasteiger partial charge in [0.2, 0.25) is 0 Å². The molecule has 0 aliphatic heterocycles. The second-order valence-electron chi connectivity index (χ2n) is 4.82. The minimum Gasteiger partial charge on any atom is -0.491 e. The SMILES string of the molecule is CC(C)Oc1ccccc1C(C)NC(=O)C(F)(F)C(F)F. The second kappa shape index (κ2) is 6.78. The summed E-state index contributed by atoms with van der Waals surface area (Å²) < 4.78 is 55.6. The number of hydrogen-bond donors (Lipinski definition) is 1. The third-order valence-electron chi connectivity index (χ3n) is 2.67. The van der Waals surface area contributed by atoms with Gasteiger partial charge in [0.25, 0.3) is 5.91 Å². The smallest absolute Gasteiger partial charge is 0.383 e. The van der Waals surface area contributed by atoms with Crippen LogP contribution >= 0.6 is 0 Å². The van der Waals surface area contributed by atoms with E-state index in [-0.39, 0.29) is 6.10 Å². The van der Waals surface area contributed by atoms with Gasteiger partial charge in [-0.15, -0.1) is 0 Å². The summed E-state index contributed by atoms with van der Waals surface area (Å²) in [5.41, 5.74) is 0.435. The summed E-state index contributed by atoms with van der Waals surface area (Å²) in [5, 5.41) is 1.88. The molecule has 0 fully saturated rings. The Bertz CT molecular complexity index is 492. The number of halogens is 4. The number of benzene rings is 1. The van der Waals surface area contributed by atoms with E-state index in [1.807, 2.05) is 5.32 Å². The Balaban J connectivity index is 2.90. The lowest BCUT2D eigenvalue weighted by Gasteiger charge is -2.22. The third kappa shape index (κ3) is 4.34. The number of nitrogens with one attached hydrogen (secondary N) is 1. The standard InChI is InChI=1S/C14H17F4NO2/c1-8(2)21-11-7-5-4-6-10(11)9(3)19-13(20)14(17,18)12(15)16/h4-9,12H,1-3H3,(H,19,20). The van der Waals surface area contributed by atoms with Crippen LogP contribution in [0.3, 0.4) is 0 Å². The Morgan fingerprint density at radius 3 is 2.29 bits per heavy atom. The van der Waals surface area contributed by atoms with Gasteiger partial charge in [-0.2, -0.15) is 8.78 Å². The van der Waals surface area contributed by atoms with Crippen LogP contribution in [0.15, 0.2) is 24.3 Å². The van der Waals surface area contributed by atoms with E-state index in [1.165, 1.54) is 6.92 Å². The molecular formula is C14H17F4NO2. The molecule has 0 bridgehead atoms. The predicted molar refractivity (Wildman–Crippen MR) is 69.7 cm³/mol. The van der Waals surface area contributed by atoms with Crippen molar-refractivity contribution in [3.05, 3.63) is 29.8 Å². The molecule has 1 amide bonds. The summed E-state index contributed by atoms with van der Waals surface area (Å²) in [6.45, 7) is 4.98. The fourth-order valence-electron chi connectivity index (χ4n) is 1.67. The van der Waals surface area contributed by atoms with Gasteiger partial charge in [-0.25, -0.2) is 8.78 Å². The van der Waals surface area contributed by atoms with Crippen LogP contribution in [0.2, 0.25) is 0 Å². The van der Waals surface area contributed by atoms with E-state index in [2.05, 4.69) is 0 Å². The third-order valence-corrected chi connectivity index (χ3v) is 2.67. The average Bonchev–Trinajstić information content (AvgIpc) is 2.38. The van der Waals surface area contributed by atoms with Gasteiger partial charge in [0.1, 0.15) is 5.75 Å². The first-order valence-electron chi connectivity index (χ1n) is 6.38. The summed E-state index contributed by atoms with van der Waals surface area (Å²) in [5.74, 6) is -6.33. The molecule has 1 rings (SSSR count). The highest BCUT2D eigenvalue weighted by atomic mass is 19.3. The van der Waals surface area contributed by atoms with Crippen molar-refractivity contribution < 1.29 is 27.1 Å². The molecule has 1 atom stereocenters. The lowest BCUT2D eigenvalue weighted by molar-refractivity contribution is -0.170. The fraction of sp³-hybridized carbons (Fsp3) is 0.500. The number of para-hydroxylation sites is 1. The van der Waals surface area contributed by atoms with Crippen LogP contribution in [0.25, 0.3) is 0 Å². The Morgan fingerprint density at radius 1 is 1.19 bits per heavy atom. The molecule has 0 spiro atoms. The van der Waals surface area contributed by atoms with Crippen LogP contribution < -0.4 is 10.1 Å². The number of ether oxygens (including phenoxy) is 1. The molecule has 1 N–H and O–H groups in total. The van der Waals surface area contributed by atoms with E-state index in [0.717, 1.165) is 0 Å². The Kier molecular flexibility index (Phi) is 5.57. The number of amides is 1. The highest BCUT2D eigenvalue weighted by Crippen LogP contribution is 2.28. The molecule has 1 aromatic rings. The number of hydrogen-bond acceptors (Lipinski definition) is 2. The van der Waals surface area contributed by atoms with E-state index in [0.29, 0.717) is 11.3 Å². The van der Waals surface area contributed by atoms with Crippen molar-refractivity contribution in [1.29, 1.82) is 0 Å². The number of alkyl halides is 4. The Hall–Kier alpha value is -1.79. The summed E-state index contributed by atoms with van der Waals surface area (Å²) in [7, 11) is 0. The molecule has 0 saturated heterocycles. The maximum Gasteiger partial charge on any atom is 0.383 e. The van der Waals surface area contributed by atoms with Crippen LogP contribution in [0.4, 0.5) is 17.6 Å². The zero-order valence-electron chi connectivity index (χ0n) is 11.9. The van der Waals surface area contributed by atoms with Crippen LogP contribution in [0, 0.1) is 0 Å². The molecule has 0 aromatic heterocycles. The van der Waals surface area contributed by atoms with E-state index in [9.17, 15) is 22.4 Å². The molecule has 1 unspecified atom stereocenters. The summed E-state index contributed by atoms with van der Waals surface area (Å²) >= 11 is 0. The van der Waals surface area contributed by atoms with Gasteiger partial charge < -0.3 is 10.1 Å². The number of carbonyl (C=O) groups is 1. The van der Waals surface area contributed by atoms with Gasteiger partial charge in [-0.1, -0.05) is 18.2 Å². The van der Waals surface area contributed by atoms with E-state index >= 15 is 0 Å². The zero-order chi connectivity index (χ0) is 16.2. The Labute approximate surface area is 120 Å². The van der Waals surface area contributed by atoms with Gasteiger partial charge in [0, 0.05) is 5.56 Å². The zero-order valence-corrected chi connectivity index (χ0v) is 11.9. The quantitative estimate of drug-likeness (QED) is 0.816. The molecule has 3 nitrogen and oxygen atoms in total. The highest BCUT2D eigenvalue weighted by Gasteiger charge is 2.49. The van der Waals surface area contributed by atoms with Crippen LogP contribution in [0.5, 0.6) is 5.75 Å². The number of rotatable bonds is 6. The van der Waals surface area contributed by atoms with Crippen molar-refractivity contribution in [2.75, 3.05) is 0 Å². The van der Waals surface area contributed by atoms with E-state index in [1.54, 1.807) is 38.1 Å².